The highest BCUT2D eigenvalue weighted by atomic mass is 32.1. The lowest BCUT2D eigenvalue weighted by molar-refractivity contribution is 0.0890. The van der Waals surface area contributed by atoms with Gasteiger partial charge in [-0.1, -0.05) is 19.1 Å². The van der Waals surface area contributed by atoms with Crippen LogP contribution in [0, 0.1) is 5.82 Å². The van der Waals surface area contributed by atoms with Crippen molar-refractivity contribution in [2.24, 2.45) is 0 Å². The molecule has 118 valence electrons. The number of rotatable bonds is 6. The predicted molar refractivity (Wildman–Crippen MR) is 85.4 cm³/mol. The van der Waals surface area contributed by atoms with Gasteiger partial charge in [-0.15, -0.1) is 11.3 Å². The number of carbonyl (C=O) groups excluding carboxylic acids is 1. The number of nitrogens with one attached hydrogen (secondary N) is 1. The minimum Gasteiger partial charge on any atom is -0.396 e. The maximum Gasteiger partial charge on any atom is 0.263 e. The van der Waals surface area contributed by atoms with Crippen LogP contribution in [0.2, 0.25) is 0 Å². The molecule has 1 heterocycles. The highest BCUT2D eigenvalue weighted by molar-refractivity contribution is 7.16. The number of aromatic nitrogens is 1. The maximum absolute atomic E-state index is 13.8. The number of aliphatic hydroxyl groups is 1. The molecule has 0 fully saturated rings. The smallest absolute Gasteiger partial charge is 0.263 e. The Balaban J connectivity index is 2.18. The third kappa shape index (κ3) is 3.69. The van der Waals surface area contributed by atoms with Crippen molar-refractivity contribution in [1.29, 1.82) is 0 Å². The fourth-order valence-corrected chi connectivity index (χ4v) is 2.89. The molecule has 2 N–H and O–H groups in total. The average molecular weight is 322 g/mol. The zero-order chi connectivity index (χ0) is 16.2. The second-order valence-corrected chi connectivity index (χ2v) is 6.38. The molecule has 0 aliphatic carbocycles. The van der Waals surface area contributed by atoms with Crippen LogP contribution >= 0.6 is 11.3 Å². The SMILES string of the molecule is CCC(C)(CCO)NC(=O)c1cnc(-c2ccccc2F)s1. The molecule has 1 amide bonds. The predicted octanol–water partition coefficient (Wildman–Crippen LogP) is 3.23. The van der Waals surface area contributed by atoms with E-state index in [9.17, 15) is 9.18 Å². The summed E-state index contributed by atoms with van der Waals surface area (Å²) in [4.78, 5) is 16.9. The first-order valence-corrected chi connectivity index (χ1v) is 7.95. The van der Waals surface area contributed by atoms with Crippen molar-refractivity contribution in [2.75, 3.05) is 6.61 Å². The van der Waals surface area contributed by atoms with E-state index in [-0.39, 0.29) is 18.3 Å². The Kier molecular flexibility index (Phi) is 5.26. The average Bonchev–Trinajstić information content (AvgIpc) is 2.97. The van der Waals surface area contributed by atoms with Crippen molar-refractivity contribution in [1.82, 2.24) is 10.3 Å². The highest BCUT2D eigenvalue weighted by Crippen LogP contribution is 2.27. The number of aliphatic hydroxyl groups excluding tert-OH is 1. The zero-order valence-electron chi connectivity index (χ0n) is 12.6. The summed E-state index contributed by atoms with van der Waals surface area (Å²) in [7, 11) is 0. The zero-order valence-corrected chi connectivity index (χ0v) is 13.4. The van der Waals surface area contributed by atoms with E-state index in [1.165, 1.54) is 12.3 Å². The molecule has 0 saturated heterocycles. The van der Waals surface area contributed by atoms with Gasteiger partial charge in [-0.3, -0.25) is 4.79 Å². The lowest BCUT2D eigenvalue weighted by Gasteiger charge is -2.28. The Bertz CT molecular complexity index is 659. The summed E-state index contributed by atoms with van der Waals surface area (Å²) in [6, 6.07) is 6.35. The van der Waals surface area contributed by atoms with Gasteiger partial charge in [0.2, 0.25) is 0 Å². The van der Waals surface area contributed by atoms with Crippen molar-refractivity contribution >= 4 is 17.2 Å². The molecule has 2 rings (SSSR count). The van der Waals surface area contributed by atoms with Crippen molar-refractivity contribution in [3.8, 4) is 10.6 Å². The Hall–Kier alpha value is -1.79. The minimum atomic E-state index is -0.464. The number of hydrogen-bond acceptors (Lipinski definition) is 4. The number of hydrogen-bond donors (Lipinski definition) is 2. The first-order valence-electron chi connectivity index (χ1n) is 7.13. The number of thiazole rings is 1. The summed E-state index contributed by atoms with van der Waals surface area (Å²) >= 11 is 1.15. The van der Waals surface area contributed by atoms with Gasteiger partial charge in [0.15, 0.2) is 0 Å². The fraction of sp³-hybridized carbons (Fsp3) is 0.375. The number of amides is 1. The molecule has 0 aliphatic heterocycles. The van der Waals surface area contributed by atoms with E-state index in [0.29, 0.717) is 28.3 Å². The lowest BCUT2D eigenvalue weighted by atomic mass is 9.95. The molecule has 0 radical (unpaired) electrons. The molecule has 2 aromatic rings. The number of carbonyl (C=O) groups is 1. The van der Waals surface area contributed by atoms with Gasteiger partial charge in [0, 0.05) is 17.7 Å². The van der Waals surface area contributed by atoms with Crippen LogP contribution in [0.5, 0.6) is 0 Å². The molecule has 1 unspecified atom stereocenters. The van der Waals surface area contributed by atoms with Crippen molar-refractivity contribution in [3.63, 3.8) is 0 Å². The second-order valence-electron chi connectivity index (χ2n) is 5.35. The molecule has 0 saturated carbocycles. The van der Waals surface area contributed by atoms with Crippen LogP contribution in [0.1, 0.15) is 36.4 Å². The second kappa shape index (κ2) is 6.98. The third-order valence-electron chi connectivity index (χ3n) is 3.69. The summed E-state index contributed by atoms with van der Waals surface area (Å²) in [5.41, 5.74) is -0.0753. The Morgan fingerprint density at radius 1 is 1.45 bits per heavy atom. The maximum atomic E-state index is 13.8. The van der Waals surface area contributed by atoms with Crippen LogP contribution in [-0.2, 0) is 0 Å². The Morgan fingerprint density at radius 3 is 2.82 bits per heavy atom. The van der Waals surface area contributed by atoms with Gasteiger partial charge in [-0.25, -0.2) is 9.37 Å². The van der Waals surface area contributed by atoms with E-state index in [1.807, 2.05) is 13.8 Å². The van der Waals surface area contributed by atoms with Gasteiger partial charge in [0.1, 0.15) is 15.7 Å². The van der Waals surface area contributed by atoms with Gasteiger partial charge < -0.3 is 10.4 Å². The molecule has 6 heteroatoms. The Morgan fingerprint density at radius 2 is 2.18 bits per heavy atom. The summed E-state index contributed by atoms with van der Waals surface area (Å²) in [6.07, 6.45) is 2.64. The van der Waals surface area contributed by atoms with Crippen LogP contribution in [0.15, 0.2) is 30.5 Å². The molecular weight excluding hydrogens is 303 g/mol. The van der Waals surface area contributed by atoms with Crippen LogP contribution in [0.3, 0.4) is 0 Å². The highest BCUT2D eigenvalue weighted by Gasteiger charge is 2.25. The summed E-state index contributed by atoms with van der Waals surface area (Å²) in [6.45, 7) is 3.85. The van der Waals surface area contributed by atoms with Crippen LogP contribution in [0.4, 0.5) is 4.39 Å². The minimum absolute atomic E-state index is 0.00773. The van der Waals surface area contributed by atoms with E-state index in [2.05, 4.69) is 10.3 Å². The summed E-state index contributed by atoms with van der Waals surface area (Å²) in [5.74, 6) is -0.611. The summed E-state index contributed by atoms with van der Waals surface area (Å²) in [5, 5.41) is 12.5. The van der Waals surface area contributed by atoms with Crippen molar-refractivity contribution < 1.29 is 14.3 Å². The van der Waals surface area contributed by atoms with Gasteiger partial charge in [-0.05, 0) is 31.9 Å². The van der Waals surface area contributed by atoms with Crippen molar-refractivity contribution in [2.45, 2.75) is 32.2 Å². The van der Waals surface area contributed by atoms with Crippen LogP contribution in [-0.4, -0.2) is 28.1 Å². The molecule has 22 heavy (non-hydrogen) atoms. The van der Waals surface area contributed by atoms with Gasteiger partial charge in [0.05, 0.1) is 6.20 Å². The molecule has 1 aromatic heterocycles. The molecule has 1 aromatic carbocycles. The lowest BCUT2D eigenvalue weighted by Crippen LogP contribution is -2.45. The fourth-order valence-electron chi connectivity index (χ4n) is 2.05. The summed E-state index contributed by atoms with van der Waals surface area (Å²) < 4.78 is 13.8. The molecular formula is C16H19FN2O2S. The molecule has 0 spiro atoms. The third-order valence-corrected chi connectivity index (χ3v) is 4.72. The normalized spacial score (nSPS) is 13.6. The van der Waals surface area contributed by atoms with Gasteiger partial charge in [0.25, 0.3) is 5.91 Å². The first-order chi connectivity index (χ1) is 10.5. The number of nitrogens with zero attached hydrogens (tertiary/aromatic N) is 1. The first kappa shape index (κ1) is 16.6. The monoisotopic (exact) mass is 322 g/mol. The van der Waals surface area contributed by atoms with Gasteiger partial charge in [-0.2, -0.15) is 0 Å². The topological polar surface area (TPSA) is 62.2 Å². The van der Waals surface area contributed by atoms with E-state index in [4.69, 9.17) is 5.11 Å². The van der Waals surface area contributed by atoms with Crippen molar-refractivity contribution in [3.05, 3.63) is 41.2 Å². The standard InChI is InChI=1S/C16H19FN2O2S/c1-3-16(2,8-9-20)19-14(21)13-10-18-15(22-13)11-6-4-5-7-12(11)17/h4-7,10,20H,3,8-9H2,1-2H3,(H,19,21). The Labute approximate surface area is 133 Å². The molecule has 0 bridgehead atoms. The van der Waals surface area contributed by atoms with Crippen LogP contribution < -0.4 is 5.32 Å². The molecule has 4 nitrogen and oxygen atoms in total. The number of halogens is 1. The van der Waals surface area contributed by atoms with Crippen LogP contribution in [0.25, 0.3) is 10.6 Å². The quantitative estimate of drug-likeness (QED) is 0.858. The largest absolute Gasteiger partial charge is 0.396 e. The van der Waals surface area contributed by atoms with E-state index in [1.54, 1.807) is 18.2 Å². The van der Waals surface area contributed by atoms with E-state index >= 15 is 0 Å². The van der Waals surface area contributed by atoms with E-state index < -0.39 is 5.54 Å². The van der Waals surface area contributed by atoms with E-state index in [0.717, 1.165) is 11.3 Å². The number of benzene rings is 1. The molecule has 1 atom stereocenters. The van der Waals surface area contributed by atoms with Gasteiger partial charge >= 0.3 is 0 Å². The molecule has 0 aliphatic rings.